The smallest absolute Gasteiger partial charge is 0.340 e. The third-order valence-corrected chi connectivity index (χ3v) is 2.68. The predicted molar refractivity (Wildman–Crippen MR) is 71.3 cm³/mol. The van der Waals surface area contributed by atoms with E-state index in [2.05, 4.69) is 10.3 Å². The van der Waals surface area contributed by atoms with Gasteiger partial charge in [-0.2, -0.15) is 0 Å². The van der Waals surface area contributed by atoms with Crippen molar-refractivity contribution in [1.82, 2.24) is 4.98 Å². The lowest BCUT2D eigenvalue weighted by Crippen LogP contribution is -2.22. The van der Waals surface area contributed by atoms with E-state index in [4.69, 9.17) is 4.74 Å². The zero-order valence-electron chi connectivity index (χ0n) is 11.3. The molecule has 0 saturated carbocycles. The van der Waals surface area contributed by atoms with Crippen molar-refractivity contribution in [2.24, 2.45) is 0 Å². The fraction of sp³-hybridized carbons (Fsp3) is 0.538. The zero-order valence-corrected chi connectivity index (χ0v) is 11.3. The lowest BCUT2D eigenvalue weighted by molar-refractivity contribution is 0.0524. The quantitative estimate of drug-likeness (QED) is 0.786. The number of nitrogens with one attached hydrogen (secondary N) is 2. The molecule has 0 saturated heterocycles. The lowest BCUT2D eigenvalue weighted by atomic mass is 10.1. The van der Waals surface area contributed by atoms with Crippen LogP contribution in [0.3, 0.4) is 0 Å². The van der Waals surface area contributed by atoms with Crippen LogP contribution in [0.5, 0.6) is 0 Å². The second-order valence-electron chi connectivity index (χ2n) is 4.10. The summed E-state index contributed by atoms with van der Waals surface area (Å²) in [6, 6.07) is 0. The molecule has 0 spiro atoms. The van der Waals surface area contributed by atoms with E-state index in [-0.39, 0.29) is 5.56 Å². The Morgan fingerprint density at radius 1 is 1.33 bits per heavy atom. The molecule has 0 atom stereocenters. The van der Waals surface area contributed by atoms with Crippen molar-refractivity contribution >= 4 is 11.7 Å². The molecule has 0 radical (unpaired) electrons. The first-order chi connectivity index (χ1) is 8.52. The molecule has 0 aliphatic carbocycles. The van der Waals surface area contributed by atoms with Crippen LogP contribution < -0.4 is 10.9 Å². The van der Waals surface area contributed by atoms with E-state index in [1.165, 1.54) is 0 Å². The van der Waals surface area contributed by atoms with E-state index < -0.39 is 5.97 Å². The van der Waals surface area contributed by atoms with Crippen molar-refractivity contribution in [2.75, 3.05) is 18.5 Å². The summed E-state index contributed by atoms with van der Waals surface area (Å²) in [5, 5.41) is 3.04. The van der Waals surface area contributed by atoms with Crippen LogP contribution in [0, 0.1) is 13.8 Å². The second-order valence-corrected chi connectivity index (χ2v) is 4.10. The Kier molecular flexibility index (Phi) is 4.95. The Labute approximate surface area is 107 Å². The molecule has 0 aromatic carbocycles. The molecule has 100 valence electrons. The number of carbonyl (C=O) groups excluding carboxylic acids is 1. The molecular formula is C13H20N2O3. The number of ether oxygens (including phenoxy) is 1. The Hall–Kier alpha value is -1.78. The number of aromatic nitrogens is 1. The Bertz CT molecular complexity index is 492. The lowest BCUT2D eigenvalue weighted by Gasteiger charge is -2.13. The molecule has 1 rings (SSSR count). The predicted octanol–water partition coefficient (Wildman–Crippen LogP) is 1.99. The van der Waals surface area contributed by atoms with Crippen molar-refractivity contribution in [2.45, 2.75) is 34.1 Å². The van der Waals surface area contributed by atoms with Crippen LogP contribution in [-0.2, 0) is 4.74 Å². The summed E-state index contributed by atoms with van der Waals surface area (Å²) >= 11 is 0. The van der Waals surface area contributed by atoms with Crippen molar-refractivity contribution in [1.29, 1.82) is 0 Å². The highest BCUT2D eigenvalue weighted by Crippen LogP contribution is 2.18. The topological polar surface area (TPSA) is 71.2 Å². The first kappa shape index (κ1) is 14.3. The Morgan fingerprint density at radius 3 is 2.56 bits per heavy atom. The SMILES string of the molecule is CCCNc1c(C)c(C(=O)OCC)c(C)[nH]c1=O. The highest BCUT2D eigenvalue weighted by molar-refractivity contribution is 5.93. The van der Waals surface area contributed by atoms with Gasteiger partial charge in [0.1, 0.15) is 5.69 Å². The summed E-state index contributed by atoms with van der Waals surface area (Å²) in [6.07, 6.45) is 0.904. The van der Waals surface area contributed by atoms with Crippen molar-refractivity contribution in [3.8, 4) is 0 Å². The number of esters is 1. The summed E-state index contributed by atoms with van der Waals surface area (Å²) < 4.78 is 5.00. The number of hydrogen-bond acceptors (Lipinski definition) is 4. The highest BCUT2D eigenvalue weighted by Gasteiger charge is 2.18. The molecule has 2 N–H and O–H groups in total. The number of anilines is 1. The second kappa shape index (κ2) is 6.23. The number of rotatable bonds is 5. The number of hydrogen-bond donors (Lipinski definition) is 2. The van der Waals surface area contributed by atoms with Gasteiger partial charge in [0.15, 0.2) is 0 Å². The van der Waals surface area contributed by atoms with Crippen molar-refractivity contribution < 1.29 is 9.53 Å². The number of aromatic amines is 1. The molecule has 1 aromatic heterocycles. The van der Waals surface area contributed by atoms with Gasteiger partial charge in [-0.25, -0.2) is 4.79 Å². The summed E-state index contributed by atoms with van der Waals surface area (Å²) in [4.78, 5) is 26.4. The maximum atomic E-state index is 11.9. The van der Waals surface area contributed by atoms with E-state index in [1.54, 1.807) is 20.8 Å². The molecule has 0 unspecified atom stereocenters. The number of carbonyl (C=O) groups is 1. The van der Waals surface area contributed by atoms with Gasteiger partial charge in [0.2, 0.25) is 0 Å². The van der Waals surface area contributed by atoms with Gasteiger partial charge < -0.3 is 15.0 Å². The molecule has 1 aromatic rings. The van der Waals surface area contributed by atoms with E-state index in [1.807, 2.05) is 6.92 Å². The van der Waals surface area contributed by atoms with Crippen molar-refractivity contribution in [3.63, 3.8) is 0 Å². The maximum absolute atomic E-state index is 11.9. The monoisotopic (exact) mass is 252 g/mol. The van der Waals surface area contributed by atoms with Gasteiger partial charge in [-0.15, -0.1) is 0 Å². The first-order valence-corrected chi connectivity index (χ1v) is 6.17. The van der Waals surface area contributed by atoms with Crippen LogP contribution in [0.1, 0.15) is 41.9 Å². The largest absolute Gasteiger partial charge is 0.462 e. The van der Waals surface area contributed by atoms with Gasteiger partial charge in [0.05, 0.1) is 12.2 Å². The molecule has 5 nitrogen and oxygen atoms in total. The first-order valence-electron chi connectivity index (χ1n) is 6.17. The van der Waals surface area contributed by atoms with Crippen LogP contribution in [0.15, 0.2) is 4.79 Å². The van der Waals surface area contributed by atoms with Crippen LogP contribution >= 0.6 is 0 Å². The number of pyridine rings is 1. The van der Waals surface area contributed by atoms with Crippen LogP contribution in [0.25, 0.3) is 0 Å². The minimum atomic E-state index is -0.400. The summed E-state index contributed by atoms with van der Waals surface area (Å²) in [7, 11) is 0. The van der Waals surface area contributed by atoms with E-state index in [9.17, 15) is 9.59 Å². The van der Waals surface area contributed by atoms with Crippen molar-refractivity contribution in [3.05, 3.63) is 27.2 Å². The van der Waals surface area contributed by atoms with Gasteiger partial charge in [0, 0.05) is 12.2 Å². The molecule has 0 amide bonds. The molecule has 0 fully saturated rings. The summed E-state index contributed by atoms with van der Waals surface area (Å²) in [5.41, 5.74) is 1.87. The van der Waals surface area contributed by atoms with Gasteiger partial charge in [-0.1, -0.05) is 6.92 Å². The fourth-order valence-corrected chi connectivity index (χ4v) is 1.84. The van der Waals surface area contributed by atoms with Crippen LogP contribution in [0.2, 0.25) is 0 Å². The third-order valence-electron chi connectivity index (χ3n) is 2.68. The van der Waals surface area contributed by atoms with E-state index in [0.717, 1.165) is 6.42 Å². The standard InChI is InChI=1S/C13H20N2O3/c1-5-7-14-11-8(3)10(13(17)18-6-2)9(4)15-12(11)16/h14H,5-7H2,1-4H3,(H,15,16). The maximum Gasteiger partial charge on any atom is 0.340 e. The molecular weight excluding hydrogens is 232 g/mol. The number of H-pyrrole nitrogens is 1. The van der Waals surface area contributed by atoms with Gasteiger partial charge in [0.25, 0.3) is 5.56 Å². The Balaban J connectivity index is 3.26. The third kappa shape index (κ3) is 2.91. The van der Waals surface area contributed by atoms with E-state index >= 15 is 0 Å². The van der Waals surface area contributed by atoms with E-state index in [0.29, 0.717) is 35.7 Å². The molecule has 0 aliphatic heterocycles. The molecule has 18 heavy (non-hydrogen) atoms. The normalized spacial score (nSPS) is 10.2. The average molecular weight is 252 g/mol. The fourth-order valence-electron chi connectivity index (χ4n) is 1.84. The number of aryl methyl sites for hydroxylation is 1. The zero-order chi connectivity index (χ0) is 13.7. The minimum absolute atomic E-state index is 0.202. The van der Waals surface area contributed by atoms with Gasteiger partial charge in [-0.3, -0.25) is 4.79 Å². The average Bonchev–Trinajstić information content (AvgIpc) is 2.28. The molecule has 1 heterocycles. The van der Waals surface area contributed by atoms with Crippen LogP contribution in [0.4, 0.5) is 5.69 Å². The van der Waals surface area contributed by atoms with Gasteiger partial charge in [-0.05, 0) is 32.8 Å². The summed E-state index contributed by atoms with van der Waals surface area (Å²) in [6.45, 7) is 8.22. The molecule has 0 bridgehead atoms. The molecule has 5 heteroatoms. The summed E-state index contributed by atoms with van der Waals surface area (Å²) in [5.74, 6) is -0.400. The highest BCUT2D eigenvalue weighted by atomic mass is 16.5. The minimum Gasteiger partial charge on any atom is -0.462 e. The Morgan fingerprint density at radius 2 is 2.00 bits per heavy atom. The van der Waals surface area contributed by atoms with Crippen LogP contribution in [-0.4, -0.2) is 24.1 Å². The van der Waals surface area contributed by atoms with Gasteiger partial charge >= 0.3 is 5.97 Å². The molecule has 0 aliphatic rings.